The van der Waals surface area contributed by atoms with Crippen molar-refractivity contribution in [3.8, 4) is 0 Å². The van der Waals surface area contributed by atoms with Crippen LogP contribution in [-0.2, 0) is 11.3 Å². The third-order valence-corrected chi connectivity index (χ3v) is 3.10. The quantitative estimate of drug-likeness (QED) is 0.702. The number of aryl methyl sites for hydroxylation is 3. The first kappa shape index (κ1) is 13.1. The first-order valence-corrected chi connectivity index (χ1v) is 6.66. The SMILES string of the molecule is Cc1cc(C)n(CCCNC(=O)CNC2CC2)n1. The van der Waals surface area contributed by atoms with E-state index in [0.717, 1.165) is 18.7 Å². The fourth-order valence-corrected chi connectivity index (χ4v) is 1.94. The molecule has 2 N–H and O–H groups in total. The highest BCUT2D eigenvalue weighted by Gasteiger charge is 2.20. The summed E-state index contributed by atoms with van der Waals surface area (Å²) >= 11 is 0. The van der Waals surface area contributed by atoms with Gasteiger partial charge in [0.2, 0.25) is 5.91 Å². The van der Waals surface area contributed by atoms with Crippen LogP contribution in [0.1, 0.15) is 30.7 Å². The summed E-state index contributed by atoms with van der Waals surface area (Å²) < 4.78 is 1.99. The number of hydrogen-bond acceptors (Lipinski definition) is 3. The van der Waals surface area contributed by atoms with Gasteiger partial charge in [-0.1, -0.05) is 0 Å². The van der Waals surface area contributed by atoms with E-state index in [9.17, 15) is 4.79 Å². The predicted octanol–water partition coefficient (Wildman–Crippen LogP) is 0.758. The molecule has 18 heavy (non-hydrogen) atoms. The monoisotopic (exact) mass is 250 g/mol. The van der Waals surface area contributed by atoms with Gasteiger partial charge in [0, 0.05) is 24.8 Å². The van der Waals surface area contributed by atoms with E-state index in [-0.39, 0.29) is 5.91 Å². The van der Waals surface area contributed by atoms with Crippen LogP contribution in [0.5, 0.6) is 0 Å². The summed E-state index contributed by atoms with van der Waals surface area (Å²) in [6, 6.07) is 2.66. The summed E-state index contributed by atoms with van der Waals surface area (Å²) in [5.74, 6) is 0.0928. The standard InChI is InChI=1S/C13H22N4O/c1-10-8-11(2)17(16-10)7-3-6-14-13(18)9-15-12-4-5-12/h8,12,15H,3-7,9H2,1-2H3,(H,14,18). The van der Waals surface area contributed by atoms with Gasteiger partial charge in [-0.3, -0.25) is 9.48 Å². The highest BCUT2D eigenvalue weighted by atomic mass is 16.1. The molecule has 1 fully saturated rings. The molecule has 100 valence electrons. The minimum Gasteiger partial charge on any atom is -0.355 e. The lowest BCUT2D eigenvalue weighted by Crippen LogP contribution is -2.35. The third-order valence-electron chi connectivity index (χ3n) is 3.10. The van der Waals surface area contributed by atoms with E-state index in [2.05, 4.69) is 28.7 Å². The highest BCUT2D eigenvalue weighted by Crippen LogP contribution is 2.17. The summed E-state index contributed by atoms with van der Waals surface area (Å²) in [6.45, 7) is 6.07. The predicted molar refractivity (Wildman–Crippen MR) is 70.4 cm³/mol. The lowest BCUT2D eigenvalue weighted by Gasteiger charge is -2.07. The van der Waals surface area contributed by atoms with E-state index < -0.39 is 0 Å². The van der Waals surface area contributed by atoms with Crippen LogP contribution < -0.4 is 10.6 Å². The van der Waals surface area contributed by atoms with Crippen molar-refractivity contribution in [2.24, 2.45) is 0 Å². The number of aromatic nitrogens is 2. The molecule has 0 radical (unpaired) electrons. The Hall–Kier alpha value is -1.36. The minimum absolute atomic E-state index is 0.0928. The van der Waals surface area contributed by atoms with Gasteiger partial charge in [0.25, 0.3) is 0 Å². The van der Waals surface area contributed by atoms with Crippen molar-refractivity contribution in [1.82, 2.24) is 20.4 Å². The molecule has 1 aliphatic rings. The zero-order chi connectivity index (χ0) is 13.0. The number of hydrogen-bond donors (Lipinski definition) is 2. The minimum atomic E-state index is 0.0928. The molecule has 5 nitrogen and oxygen atoms in total. The van der Waals surface area contributed by atoms with E-state index in [1.165, 1.54) is 18.5 Å². The first-order chi connectivity index (χ1) is 8.65. The summed E-state index contributed by atoms with van der Waals surface area (Å²) in [7, 11) is 0. The van der Waals surface area contributed by atoms with Crippen LogP contribution >= 0.6 is 0 Å². The Labute approximate surface area is 108 Å². The Kier molecular flexibility index (Phi) is 4.36. The van der Waals surface area contributed by atoms with Crippen LogP contribution in [0.25, 0.3) is 0 Å². The molecule has 0 aliphatic heterocycles. The highest BCUT2D eigenvalue weighted by molar-refractivity contribution is 5.78. The van der Waals surface area contributed by atoms with Gasteiger partial charge in [0.1, 0.15) is 0 Å². The fraction of sp³-hybridized carbons (Fsp3) is 0.692. The molecule has 1 saturated carbocycles. The Morgan fingerprint density at radius 1 is 1.50 bits per heavy atom. The van der Waals surface area contributed by atoms with Crippen molar-refractivity contribution < 1.29 is 4.79 Å². The number of rotatable bonds is 7. The summed E-state index contributed by atoms with van der Waals surface area (Å²) in [6.07, 6.45) is 3.34. The molecule has 1 heterocycles. The number of nitrogens with one attached hydrogen (secondary N) is 2. The van der Waals surface area contributed by atoms with Gasteiger partial charge in [0.05, 0.1) is 12.2 Å². The number of nitrogens with zero attached hydrogens (tertiary/aromatic N) is 2. The van der Waals surface area contributed by atoms with Crippen LogP contribution in [0, 0.1) is 13.8 Å². The Balaban J connectivity index is 1.57. The van der Waals surface area contributed by atoms with Crippen LogP contribution in [0.4, 0.5) is 0 Å². The van der Waals surface area contributed by atoms with Gasteiger partial charge >= 0.3 is 0 Å². The lowest BCUT2D eigenvalue weighted by molar-refractivity contribution is -0.120. The van der Waals surface area contributed by atoms with Crippen LogP contribution in [0.15, 0.2) is 6.07 Å². The maximum absolute atomic E-state index is 11.5. The summed E-state index contributed by atoms with van der Waals surface area (Å²) in [5.41, 5.74) is 2.22. The molecule has 1 aromatic rings. The molecule has 1 amide bonds. The second kappa shape index (κ2) is 6.00. The van der Waals surface area contributed by atoms with Crippen molar-refractivity contribution in [3.63, 3.8) is 0 Å². The lowest BCUT2D eigenvalue weighted by atomic mass is 10.4. The fourth-order valence-electron chi connectivity index (χ4n) is 1.94. The maximum atomic E-state index is 11.5. The normalized spacial score (nSPS) is 14.8. The molecule has 0 saturated heterocycles. The smallest absolute Gasteiger partial charge is 0.233 e. The Morgan fingerprint density at radius 2 is 2.28 bits per heavy atom. The molecule has 0 spiro atoms. The summed E-state index contributed by atoms with van der Waals surface area (Å²) in [5, 5.41) is 10.5. The molecule has 1 aliphatic carbocycles. The molecule has 0 aromatic carbocycles. The van der Waals surface area contributed by atoms with Crippen LogP contribution in [0.3, 0.4) is 0 Å². The second-order valence-corrected chi connectivity index (χ2v) is 5.01. The van der Waals surface area contributed by atoms with Crippen molar-refractivity contribution in [3.05, 3.63) is 17.5 Å². The van der Waals surface area contributed by atoms with Crippen LogP contribution in [0.2, 0.25) is 0 Å². The average Bonchev–Trinajstić information content (AvgIpc) is 3.09. The molecule has 5 heteroatoms. The molecular weight excluding hydrogens is 228 g/mol. The van der Waals surface area contributed by atoms with Crippen molar-refractivity contribution in [2.45, 2.75) is 45.7 Å². The van der Waals surface area contributed by atoms with Crippen molar-refractivity contribution >= 4 is 5.91 Å². The largest absolute Gasteiger partial charge is 0.355 e. The number of carbonyl (C=O) groups excluding carboxylic acids is 1. The molecule has 1 aromatic heterocycles. The van der Waals surface area contributed by atoms with Gasteiger partial charge < -0.3 is 10.6 Å². The number of carbonyl (C=O) groups is 1. The van der Waals surface area contributed by atoms with Crippen molar-refractivity contribution in [1.29, 1.82) is 0 Å². The van der Waals surface area contributed by atoms with Crippen LogP contribution in [-0.4, -0.2) is 34.8 Å². The molecule has 2 rings (SSSR count). The Morgan fingerprint density at radius 3 is 2.89 bits per heavy atom. The van der Waals surface area contributed by atoms with Gasteiger partial charge in [0.15, 0.2) is 0 Å². The van der Waals surface area contributed by atoms with E-state index in [1.807, 2.05) is 11.6 Å². The van der Waals surface area contributed by atoms with E-state index in [4.69, 9.17) is 0 Å². The maximum Gasteiger partial charge on any atom is 0.233 e. The number of amides is 1. The Bertz CT molecular complexity index is 409. The molecular formula is C13H22N4O. The average molecular weight is 250 g/mol. The van der Waals surface area contributed by atoms with Crippen molar-refractivity contribution in [2.75, 3.05) is 13.1 Å². The van der Waals surface area contributed by atoms with Gasteiger partial charge in [-0.05, 0) is 39.2 Å². The van der Waals surface area contributed by atoms with Gasteiger partial charge in [-0.25, -0.2) is 0 Å². The van der Waals surface area contributed by atoms with E-state index >= 15 is 0 Å². The third kappa shape index (κ3) is 4.14. The first-order valence-electron chi connectivity index (χ1n) is 6.66. The molecule has 0 bridgehead atoms. The molecule has 0 atom stereocenters. The topological polar surface area (TPSA) is 59.0 Å². The zero-order valence-corrected chi connectivity index (χ0v) is 11.2. The van der Waals surface area contributed by atoms with E-state index in [1.54, 1.807) is 0 Å². The van der Waals surface area contributed by atoms with E-state index in [0.29, 0.717) is 19.1 Å². The zero-order valence-electron chi connectivity index (χ0n) is 11.2. The molecule has 0 unspecified atom stereocenters. The van der Waals surface area contributed by atoms with Gasteiger partial charge in [-0.15, -0.1) is 0 Å². The van der Waals surface area contributed by atoms with Gasteiger partial charge in [-0.2, -0.15) is 5.10 Å². The summed E-state index contributed by atoms with van der Waals surface area (Å²) in [4.78, 5) is 11.5. The second-order valence-electron chi connectivity index (χ2n) is 5.01.